The average molecular weight is 326 g/mol. The summed E-state index contributed by atoms with van der Waals surface area (Å²) in [6.45, 7) is 4.84. The van der Waals surface area contributed by atoms with Gasteiger partial charge in [-0.25, -0.2) is 0 Å². The van der Waals surface area contributed by atoms with E-state index < -0.39 is 0 Å². The van der Waals surface area contributed by atoms with E-state index >= 15 is 0 Å². The minimum atomic E-state index is 0.167. The van der Waals surface area contributed by atoms with Gasteiger partial charge in [0.25, 0.3) is 5.91 Å². The smallest absolute Gasteiger partial charge is 0.264 e. The summed E-state index contributed by atoms with van der Waals surface area (Å²) < 4.78 is 0. The van der Waals surface area contributed by atoms with E-state index in [-0.39, 0.29) is 11.9 Å². The second-order valence-corrected chi connectivity index (χ2v) is 7.55. The van der Waals surface area contributed by atoms with Gasteiger partial charge in [0.1, 0.15) is 0 Å². The van der Waals surface area contributed by atoms with Crippen molar-refractivity contribution in [3.8, 4) is 0 Å². The van der Waals surface area contributed by atoms with E-state index in [1.807, 2.05) is 19.1 Å². The summed E-state index contributed by atoms with van der Waals surface area (Å²) in [6.07, 6.45) is 2.64. The van der Waals surface area contributed by atoms with Gasteiger partial charge in [-0.3, -0.25) is 9.69 Å². The Kier molecular flexibility index (Phi) is 3.95. The summed E-state index contributed by atoms with van der Waals surface area (Å²) in [7, 11) is 0. The number of amides is 1. The minimum absolute atomic E-state index is 0.167. The molecule has 2 fully saturated rings. The number of rotatable bonds is 3. The molecular weight excluding hydrogens is 304 g/mol. The fourth-order valence-electron chi connectivity index (χ4n) is 3.46. The number of aryl methyl sites for hydroxylation is 1. The zero-order valence-corrected chi connectivity index (χ0v) is 14.3. The van der Waals surface area contributed by atoms with Gasteiger partial charge in [0.05, 0.1) is 10.9 Å². The van der Waals surface area contributed by atoms with Crippen LogP contribution in [0.15, 0.2) is 41.8 Å². The molecule has 1 aromatic heterocycles. The fraction of sp³-hybridized carbons (Fsp3) is 0.421. The van der Waals surface area contributed by atoms with Crippen molar-refractivity contribution in [2.24, 2.45) is 0 Å². The summed E-state index contributed by atoms with van der Waals surface area (Å²) in [5.74, 6) is 0.187. The number of carbonyl (C=O) groups is 1. The third-order valence-corrected chi connectivity index (χ3v) is 5.90. The summed E-state index contributed by atoms with van der Waals surface area (Å²) in [4.78, 5) is 18.5. The van der Waals surface area contributed by atoms with E-state index in [1.165, 1.54) is 24.0 Å². The molecule has 3 nitrogen and oxygen atoms in total. The van der Waals surface area contributed by atoms with Crippen molar-refractivity contribution in [2.45, 2.75) is 31.8 Å². The van der Waals surface area contributed by atoms with Crippen molar-refractivity contribution in [1.29, 1.82) is 0 Å². The highest BCUT2D eigenvalue weighted by molar-refractivity contribution is 7.12. The van der Waals surface area contributed by atoms with Crippen LogP contribution in [-0.2, 0) is 0 Å². The van der Waals surface area contributed by atoms with E-state index in [2.05, 4.69) is 39.4 Å². The fourth-order valence-corrected chi connectivity index (χ4v) is 4.32. The maximum absolute atomic E-state index is 13.0. The van der Waals surface area contributed by atoms with Gasteiger partial charge in [0.2, 0.25) is 0 Å². The van der Waals surface area contributed by atoms with Gasteiger partial charge in [0.15, 0.2) is 0 Å². The first-order chi connectivity index (χ1) is 11.2. The zero-order valence-electron chi connectivity index (χ0n) is 13.4. The van der Waals surface area contributed by atoms with Crippen molar-refractivity contribution in [1.82, 2.24) is 9.80 Å². The third-order valence-electron chi connectivity index (χ3n) is 4.86. The molecule has 4 rings (SSSR count). The Hall–Kier alpha value is -1.65. The van der Waals surface area contributed by atoms with Crippen molar-refractivity contribution < 1.29 is 4.79 Å². The predicted octanol–water partition coefficient (Wildman–Crippen LogP) is 3.72. The Bertz CT molecular complexity index is 692. The molecule has 120 valence electrons. The number of thiophene rings is 1. The lowest BCUT2D eigenvalue weighted by atomic mass is 10.0. The maximum atomic E-state index is 13.0. The molecule has 2 heterocycles. The molecule has 1 unspecified atom stereocenters. The monoisotopic (exact) mass is 326 g/mol. The van der Waals surface area contributed by atoms with Gasteiger partial charge in [-0.05, 0) is 42.3 Å². The third kappa shape index (κ3) is 3.06. The van der Waals surface area contributed by atoms with Crippen LogP contribution in [0.25, 0.3) is 0 Å². The van der Waals surface area contributed by atoms with E-state index in [0.29, 0.717) is 0 Å². The van der Waals surface area contributed by atoms with Crippen molar-refractivity contribution in [3.63, 3.8) is 0 Å². The summed E-state index contributed by atoms with van der Waals surface area (Å²) >= 11 is 1.56. The Morgan fingerprint density at radius 1 is 1.17 bits per heavy atom. The first-order valence-electron chi connectivity index (χ1n) is 8.37. The molecule has 0 spiro atoms. The predicted molar refractivity (Wildman–Crippen MR) is 93.9 cm³/mol. The van der Waals surface area contributed by atoms with Crippen molar-refractivity contribution in [3.05, 3.63) is 57.8 Å². The van der Waals surface area contributed by atoms with E-state index in [9.17, 15) is 4.79 Å². The van der Waals surface area contributed by atoms with E-state index in [4.69, 9.17) is 0 Å². The average Bonchev–Trinajstić information content (AvgIpc) is 3.36. The lowest BCUT2D eigenvalue weighted by Crippen LogP contribution is -2.51. The van der Waals surface area contributed by atoms with Crippen LogP contribution in [0.3, 0.4) is 0 Å². The second kappa shape index (κ2) is 6.10. The molecule has 1 aliphatic heterocycles. The first kappa shape index (κ1) is 14.9. The van der Waals surface area contributed by atoms with Crippen LogP contribution in [0, 0.1) is 6.92 Å². The zero-order chi connectivity index (χ0) is 15.8. The molecule has 0 N–H and O–H groups in total. The molecule has 1 aliphatic carbocycles. The van der Waals surface area contributed by atoms with Gasteiger partial charge in [-0.2, -0.15) is 0 Å². The van der Waals surface area contributed by atoms with Gasteiger partial charge in [0, 0.05) is 25.7 Å². The molecule has 0 radical (unpaired) electrons. The van der Waals surface area contributed by atoms with E-state index in [1.54, 1.807) is 11.3 Å². The molecule has 1 saturated heterocycles. The van der Waals surface area contributed by atoms with Gasteiger partial charge < -0.3 is 4.90 Å². The van der Waals surface area contributed by atoms with E-state index in [0.717, 1.165) is 30.6 Å². The van der Waals surface area contributed by atoms with Crippen LogP contribution < -0.4 is 0 Å². The van der Waals surface area contributed by atoms with Crippen LogP contribution >= 0.6 is 11.3 Å². The maximum Gasteiger partial charge on any atom is 0.264 e. The second-order valence-electron chi connectivity index (χ2n) is 6.64. The lowest BCUT2D eigenvalue weighted by molar-refractivity contribution is 0.0437. The van der Waals surface area contributed by atoms with Crippen LogP contribution in [0.1, 0.15) is 39.7 Å². The summed E-state index contributed by atoms with van der Waals surface area (Å²) in [6, 6.07) is 13.4. The van der Waals surface area contributed by atoms with Gasteiger partial charge in [-0.15, -0.1) is 11.3 Å². The minimum Gasteiger partial charge on any atom is -0.328 e. The largest absolute Gasteiger partial charge is 0.328 e. The van der Waals surface area contributed by atoms with Gasteiger partial charge in [-0.1, -0.05) is 30.3 Å². The molecule has 1 amide bonds. The molecule has 2 aliphatic rings. The Labute approximate surface area is 141 Å². The van der Waals surface area contributed by atoms with Crippen LogP contribution in [0.4, 0.5) is 0 Å². The number of carbonyl (C=O) groups excluding carboxylic acids is 1. The first-order valence-corrected chi connectivity index (χ1v) is 9.25. The van der Waals surface area contributed by atoms with Crippen molar-refractivity contribution >= 4 is 17.2 Å². The highest BCUT2D eigenvalue weighted by atomic mass is 32.1. The molecule has 23 heavy (non-hydrogen) atoms. The highest BCUT2D eigenvalue weighted by Crippen LogP contribution is 2.34. The number of hydrogen-bond acceptors (Lipinski definition) is 3. The molecule has 2 aromatic rings. The van der Waals surface area contributed by atoms with Crippen LogP contribution in [0.5, 0.6) is 0 Å². The number of hydrogen-bond donors (Lipinski definition) is 0. The Morgan fingerprint density at radius 2 is 1.96 bits per heavy atom. The quantitative estimate of drug-likeness (QED) is 0.858. The highest BCUT2D eigenvalue weighted by Gasteiger charge is 2.38. The summed E-state index contributed by atoms with van der Waals surface area (Å²) in [5, 5.41) is 2.06. The topological polar surface area (TPSA) is 23.6 Å². The number of nitrogens with zero attached hydrogens (tertiary/aromatic N) is 2. The molecule has 1 saturated carbocycles. The lowest BCUT2D eigenvalue weighted by Gasteiger charge is -2.41. The van der Waals surface area contributed by atoms with Gasteiger partial charge >= 0.3 is 0 Å². The van der Waals surface area contributed by atoms with Crippen molar-refractivity contribution in [2.75, 3.05) is 19.6 Å². The number of piperazine rings is 1. The standard InChI is InChI=1S/C19H22N2OS/c1-14-11-18(23-13-14)19(22)21-10-9-20(16-7-8-16)12-17(21)15-5-3-2-4-6-15/h2-6,11,13,16-17H,7-10,12H2,1H3. The normalized spacial score (nSPS) is 22.3. The SMILES string of the molecule is Cc1csc(C(=O)N2CCN(C3CC3)CC2c2ccccc2)c1. The molecular formula is C19H22N2OS. The molecule has 4 heteroatoms. The molecule has 1 aromatic carbocycles. The van der Waals surface area contributed by atoms with Crippen LogP contribution in [-0.4, -0.2) is 41.4 Å². The Balaban J connectivity index is 1.62. The Morgan fingerprint density at radius 3 is 2.61 bits per heavy atom. The number of benzene rings is 1. The van der Waals surface area contributed by atoms with Crippen LogP contribution in [0.2, 0.25) is 0 Å². The molecule has 1 atom stereocenters. The summed E-state index contributed by atoms with van der Waals surface area (Å²) in [5.41, 5.74) is 2.42. The molecule has 0 bridgehead atoms.